The van der Waals surface area contributed by atoms with Crippen molar-refractivity contribution in [2.75, 3.05) is 0 Å². The second kappa shape index (κ2) is 5.68. The van der Waals surface area contributed by atoms with E-state index in [2.05, 4.69) is 0 Å². The van der Waals surface area contributed by atoms with Crippen molar-refractivity contribution in [2.45, 2.75) is 38.0 Å². The summed E-state index contributed by atoms with van der Waals surface area (Å²) in [4.78, 5) is 0. The minimum absolute atomic E-state index is 0.381. The molecule has 4 heteroatoms. The smallest absolute Gasteiger partial charge is 0.166 e. The highest BCUT2D eigenvalue weighted by molar-refractivity contribution is 7.72. The highest BCUT2D eigenvalue weighted by atomic mass is 32.2. The second-order valence-electron chi connectivity index (χ2n) is 2.26. The number of aliphatic hydroxyl groups excluding tert-OH is 1. The third-order valence-electron chi connectivity index (χ3n) is 1.31. The van der Waals surface area contributed by atoms with Crippen LogP contribution < -0.4 is 0 Å². The predicted octanol–water partition coefficient (Wildman–Crippen LogP) is 0.496. The van der Waals surface area contributed by atoms with Gasteiger partial charge < -0.3 is 5.11 Å². The normalized spacial score (nSPS) is 13.9. The molecule has 0 aromatic rings. The van der Waals surface area contributed by atoms with E-state index in [1.807, 2.05) is 6.92 Å². The first-order valence-electron chi connectivity index (χ1n) is 3.50. The molecular formula is C6H14O3S. The van der Waals surface area contributed by atoms with Gasteiger partial charge in [-0.05, 0) is 12.8 Å². The molecule has 3 nitrogen and oxygen atoms in total. The first-order valence-corrected chi connectivity index (χ1v) is 4.74. The lowest BCUT2D eigenvalue weighted by Crippen LogP contribution is -2.07. The molecule has 62 valence electrons. The van der Waals surface area contributed by atoms with Crippen molar-refractivity contribution in [1.82, 2.24) is 0 Å². The Balaban J connectivity index is 3.30. The zero-order valence-electron chi connectivity index (χ0n) is 6.12. The fourth-order valence-corrected chi connectivity index (χ4v) is 1.08. The summed E-state index contributed by atoms with van der Waals surface area (Å²) in [5, 5.41) is 8.76. The van der Waals surface area contributed by atoms with Crippen molar-refractivity contribution in [3.63, 3.8) is 0 Å². The van der Waals surface area contributed by atoms with Gasteiger partial charge in [-0.15, -0.1) is 0 Å². The number of aliphatic hydroxyl groups is 1. The summed E-state index contributed by atoms with van der Waals surface area (Å²) >= 11 is 0. The van der Waals surface area contributed by atoms with Crippen molar-refractivity contribution >= 4 is 10.7 Å². The molecule has 0 fully saturated rings. The summed E-state index contributed by atoms with van der Waals surface area (Å²) < 4.78 is 20.2. The van der Waals surface area contributed by atoms with Gasteiger partial charge in [-0.2, -0.15) is 0 Å². The fraction of sp³-hybridized carbons (Fsp3) is 1.00. The SMILES string of the molecule is CCCCCC(O)[SH](=O)=O. The Morgan fingerprint density at radius 2 is 2.00 bits per heavy atom. The van der Waals surface area contributed by atoms with Gasteiger partial charge in [0.2, 0.25) is 0 Å². The lowest BCUT2D eigenvalue weighted by atomic mass is 10.2. The summed E-state index contributed by atoms with van der Waals surface area (Å²) in [6.45, 7) is 2.03. The Kier molecular flexibility index (Phi) is 5.63. The van der Waals surface area contributed by atoms with Gasteiger partial charge >= 0.3 is 0 Å². The highest BCUT2D eigenvalue weighted by Crippen LogP contribution is 2.02. The van der Waals surface area contributed by atoms with Crippen LogP contribution in [0.5, 0.6) is 0 Å². The summed E-state index contributed by atoms with van der Waals surface area (Å²) in [5.41, 5.74) is -1.12. The molecule has 0 heterocycles. The zero-order valence-corrected chi connectivity index (χ0v) is 7.01. The molecule has 0 spiro atoms. The molecule has 0 aromatic heterocycles. The van der Waals surface area contributed by atoms with Gasteiger partial charge in [-0.3, -0.25) is 0 Å². The summed E-state index contributed by atoms with van der Waals surface area (Å²) in [6, 6.07) is 0. The highest BCUT2D eigenvalue weighted by Gasteiger charge is 2.03. The molecule has 0 radical (unpaired) electrons. The van der Waals surface area contributed by atoms with Crippen LogP contribution in [-0.4, -0.2) is 19.0 Å². The molecule has 0 aliphatic carbocycles. The summed E-state index contributed by atoms with van der Waals surface area (Å²) in [7, 11) is -2.62. The van der Waals surface area contributed by atoms with Crippen LogP contribution in [-0.2, 0) is 10.7 Å². The third-order valence-corrected chi connectivity index (χ3v) is 2.05. The summed E-state index contributed by atoms with van der Waals surface area (Å²) in [6.07, 6.45) is 3.20. The second-order valence-corrected chi connectivity index (χ2v) is 3.43. The monoisotopic (exact) mass is 166 g/mol. The zero-order chi connectivity index (χ0) is 7.98. The van der Waals surface area contributed by atoms with Gasteiger partial charge in [0.25, 0.3) is 0 Å². The van der Waals surface area contributed by atoms with Crippen LogP contribution in [0.4, 0.5) is 0 Å². The van der Waals surface area contributed by atoms with E-state index in [-0.39, 0.29) is 0 Å². The molecule has 0 saturated carbocycles. The van der Waals surface area contributed by atoms with E-state index in [4.69, 9.17) is 5.11 Å². The van der Waals surface area contributed by atoms with E-state index >= 15 is 0 Å². The quantitative estimate of drug-likeness (QED) is 0.462. The maximum Gasteiger partial charge on any atom is 0.166 e. The van der Waals surface area contributed by atoms with Crippen LogP contribution in [0.3, 0.4) is 0 Å². The van der Waals surface area contributed by atoms with Crippen LogP contribution in [0.2, 0.25) is 0 Å². The molecule has 0 rings (SSSR count). The predicted molar refractivity (Wildman–Crippen MR) is 40.5 cm³/mol. The number of hydrogen-bond acceptors (Lipinski definition) is 3. The van der Waals surface area contributed by atoms with E-state index in [9.17, 15) is 8.42 Å². The van der Waals surface area contributed by atoms with Crippen molar-refractivity contribution in [1.29, 1.82) is 0 Å². The topological polar surface area (TPSA) is 54.4 Å². The Morgan fingerprint density at radius 3 is 2.40 bits per heavy atom. The van der Waals surface area contributed by atoms with Crippen LogP contribution in [0.15, 0.2) is 0 Å². The maximum atomic E-state index is 10.1. The molecule has 1 atom stereocenters. The molecule has 0 aliphatic heterocycles. The standard InChI is InChI=1S/C6H14O3S/c1-2-3-4-5-6(7)10(8)9/h6-7,10H,2-5H2,1H3. The maximum absolute atomic E-state index is 10.1. The minimum atomic E-state index is -2.62. The Morgan fingerprint density at radius 1 is 1.40 bits per heavy atom. The summed E-state index contributed by atoms with van der Waals surface area (Å²) in [5.74, 6) is 0. The van der Waals surface area contributed by atoms with Crippen LogP contribution in [0.25, 0.3) is 0 Å². The van der Waals surface area contributed by atoms with Crippen LogP contribution in [0, 0.1) is 0 Å². The molecule has 0 amide bonds. The molecule has 10 heavy (non-hydrogen) atoms. The molecule has 1 N–H and O–H groups in total. The third kappa shape index (κ3) is 4.76. The lowest BCUT2D eigenvalue weighted by molar-refractivity contribution is 0.238. The Bertz CT molecular complexity index is 134. The Hall–Kier alpha value is -0.0900. The van der Waals surface area contributed by atoms with Gasteiger partial charge in [-0.25, -0.2) is 8.42 Å². The largest absolute Gasteiger partial charge is 0.377 e. The number of thiol groups is 1. The van der Waals surface area contributed by atoms with Gasteiger partial charge in [0.05, 0.1) is 0 Å². The number of hydrogen-bond donors (Lipinski definition) is 2. The first kappa shape index (κ1) is 9.91. The van der Waals surface area contributed by atoms with Gasteiger partial charge in [0.15, 0.2) is 16.1 Å². The van der Waals surface area contributed by atoms with Crippen molar-refractivity contribution in [3.8, 4) is 0 Å². The molecule has 1 unspecified atom stereocenters. The van der Waals surface area contributed by atoms with E-state index in [0.29, 0.717) is 6.42 Å². The Labute approximate surface area is 63.0 Å². The van der Waals surface area contributed by atoms with Gasteiger partial charge in [-0.1, -0.05) is 19.8 Å². The minimum Gasteiger partial charge on any atom is -0.377 e. The average molecular weight is 166 g/mol. The first-order chi connectivity index (χ1) is 4.68. The van der Waals surface area contributed by atoms with Crippen molar-refractivity contribution in [3.05, 3.63) is 0 Å². The van der Waals surface area contributed by atoms with Crippen LogP contribution >= 0.6 is 0 Å². The van der Waals surface area contributed by atoms with E-state index in [1.165, 1.54) is 0 Å². The molecule has 0 saturated heterocycles. The fourth-order valence-electron chi connectivity index (χ4n) is 0.682. The van der Waals surface area contributed by atoms with E-state index < -0.39 is 16.1 Å². The van der Waals surface area contributed by atoms with Crippen LogP contribution in [0.1, 0.15) is 32.6 Å². The molecule has 0 aromatic carbocycles. The van der Waals surface area contributed by atoms with Gasteiger partial charge in [0.1, 0.15) is 0 Å². The molecular weight excluding hydrogens is 152 g/mol. The average Bonchev–Trinajstić information content (AvgIpc) is 1.88. The van der Waals surface area contributed by atoms with Gasteiger partial charge in [0, 0.05) is 0 Å². The number of unbranched alkanes of at least 4 members (excludes halogenated alkanes) is 2. The van der Waals surface area contributed by atoms with E-state index in [0.717, 1.165) is 19.3 Å². The number of rotatable bonds is 5. The van der Waals surface area contributed by atoms with E-state index in [1.54, 1.807) is 0 Å². The van der Waals surface area contributed by atoms with Crippen molar-refractivity contribution < 1.29 is 13.5 Å². The molecule has 0 aliphatic rings. The van der Waals surface area contributed by atoms with Crippen molar-refractivity contribution in [2.24, 2.45) is 0 Å². The lowest BCUT2D eigenvalue weighted by Gasteiger charge is -2.00. The molecule has 0 bridgehead atoms.